The van der Waals surface area contributed by atoms with Gasteiger partial charge in [-0.05, 0) is 30.4 Å². The van der Waals surface area contributed by atoms with Crippen LogP contribution < -0.4 is 10.2 Å². The molecule has 1 N–H and O–H groups in total. The Labute approximate surface area is 178 Å². The summed E-state index contributed by atoms with van der Waals surface area (Å²) in [5, 5.41) is 4.41. The van der Waals surface area contributed by atoms with Crippen molar-refractivity contribution in [2.45, 2.75) is 44.9 Å². The van der Waals surface area contributed by atoms with E-state index in [1.165, 1.54) is 11.9 Å². The Morgan fingerprint density at radius 2 is 1.90 bits per heavy atom. The third-order valence-corrected chi connectivity index (χ3v) is 6.74. The summed E-state index contributed by atoms with van der Waals surface area (Å²) in [4.78, 5) is 11.8. The first-order valence-electron chi connectivity index (χ1n) is 10.2. The molecule has 4 nitrogen and oxygen atoms in total. The van der Waals surface area contributed by atoms with E-state index in [4.69, 9.17) is 0 Å². The van der Waals surface area contributed by atoms with Gasteiger partial charge in [-0.2, -0.15) is 13.2 Å². The van der Waals surface area contributed by atoms with Crippen LogP contribution in [-0.4, -0.2) is 35.3 Å². The number of anilines is 1. The maximum Gasteiger partial charge on any atom is 0.393 e. The van der Waals surface area contributed by atoms with Crippen molar-refractivity contribution in [2.75, 3.05) is 18.0 Å². The highest BCUT2D eigenvalue weighted by Crippen LogP contribution is 2.34. The van der Waals surface area contributed by atoms with Gasteiger partial charge >= 0.3 is 6.18 Å². The van der Waals surface area contributed by atoms with Crippen molar-refractivity contribution >= 4 is 27.4 Å². The maximum absolute atomic E-state index is 12.8. The highest BCUT2D eigenvalue weighted by molar-refractivity contribution is 7.18. The fourth-order valence-electron chi connectivity index (χ4n) is 4.04. The molecule has 2 aromatic heterocycles. The molecule has 0 aliphatic carbocycles. The summed E-state index contributed by atoms with van der Waals surface area (Å²) in [6.45, 7) is 4.74. The van der Waals surface area contributed by atoms with Crippen LogP contribution in [0.3, 0.4) is 0 Å². The number of benzene rings is 1. The Morgan fingerprint density at radius 3 is 2.67 bits per heavy atom. The molecule has 0 radical (unpaired) electrons. The normalized spacial score (nSPS) is 20.5. The smallest absolute Gasteiger partial charge is 0.356 e. The number of fused-ring (bicyclic) bond motifs is 1. The number of alkyl halides is 3. The van der Waals surface area contributed by atoms with Gasteiger partial charge in [-0.25, -0.2) is 9.97 Å². The molecular weight excluding hydrogens is 409 g/mol. The first-order valence-corrected chi connectivity index (χ1v) is 11.0. The van der Waals surface area contributed by atoms with Crippen molar-refractivity contribution in [3.05, 3.63) is 53.2 Å². The first kappa shape index (κ1) is 21.1. The molecule has 2 atom stereocenters. The molecule has 4 rings (SSSR count). The van der Waals surface area contributed by atoms with Crippen LogP contribution in [0.25, 0.3) is 10.2 Å². The molecule has 160 valence electrons. The number of hydrogen-bond donors (Lipinski definition) is 1. The molecule has 0 bridgehead atoms. The standard InChI is InChI=1S/C22H25F3N4S/c1-15-7-9-29(10-8-19(15)26-13-16-5-3-2-4-6-16)20-18-11-17(12-22(23,24)25)30-21(18)28-14-27-20/h2-6,11,14-15,19,26H,7-10,12-13H2,1H3/t15-,19+/m1/s1. The van der Waals surface area contributed by atoms with Crippen LogP contribution in [0, 0.1) is 5.92 Å². The van der Waals surface area contributed by atoms with Crippen molar-refractivity contribution < 1.29 is 13.2 Å². The van der Waals surface area contributed by atoms with Gasteiger partial charge in [0.05, 0.1) is 11.8 Å². The minimum absolute atomic E-state index is 0.282. The highest BCUT2D eigenvalue weighted by atomic mass is 32.1. The van der Waals surface area contributed by atoms with Crippen LogP contribution in [0.5, 0.6) is 0 Å². The summed E-state index contributed by atoms with van der Waals surface area (Å²) in [5.74, 6) is 1.25. The summed E-state index contributed by atoms with van der Waals surface area (Å²) in [7, 11) is 0. The van der Waals surface area contributed by atoms with Gasteiger partial charge < -0.3 is 10.2 Å². The zero-order valence-corrected chi connectivity index (χ0v) is 17.6. The number of aromatic nitrogens is 2. The van der Waals surface area contributed by atoms with Gasteiger partial charge in [0.15, 0.2) is 0 Å². The van der Waals surface area contributed by atoms with Gasteiger partial charge in [0.1, 0.15) is 17.0 Å². The van der Waals surface area contributed by atoms with E-state index in [0.29, 0.717) is 16.8 Å². The van der Waals surface area contributed by atoms with E-state index in [2.05, 4.69) is 39.2 Å². The topological polar surface area (TPSA) is 41.1 Å². The number of nitrogens with one attached hydrogen (secondary N) is 1. The lowest BCUT2D eigenvalue weighted by Crippen LogP contribution is -2.35. The van der Waals surface area contributed by atoms with Gasteiger partial charge in [0.2, 0.25) is 0 Å². The molecule has 1 aliphatic rings. The highest BCUT2D eigenvalue weighted by Gasteiger charge is 2.30. The van der Waals surface area contributed by atoms with Gasteiger partial charge in [-0.1, -0.05) is 37.3 Å². The number of halogens is 3. The largest absolute Gasteiger partial charge is 0.393 e. The van der Waals surface area contributed by atoms with Crippen LogP contribution in [0.4, 0.5) is 19.0 Å². The zero-order chi connectivity index (χ0) is 21.1. The minimum atomic E-state index is -4.22. The number of thiophene rings is 1. The Hall–Kier alpha value is -2.19. The van der Waals surface area contributed by atoms with E-state index in [-0.39, 0.29) is 4.88 Å². The lowest BCUT2D eigenvalue weighted by molar-refractivity contribution is -0.126. The Kier molecular flexibility index (Phi) is 6.24. The van der Waals surface area contributed by atoms with Crippen molar-refractivity contribution in [3.63, 3.8) is 0 Å². The van der Waals surface area contributed by atoms with Gasteiger partial charge in [0.25, 0.3) is 0 Å². The Morgan fingerprint density at radius 1 is 1.13 bits per heavy atom. The predicted octanol–water partition coefficient (Wildman–Crippen LogP) is 5.19. The molecule has 1 aliphatic heterocycles. The molecule has 0 amide bonds. The van der Waals surface area contributed by atoms with E-state index in [0.717, 1.165) is 55.0 Å². The first-order chi connectivity index (χ1) is 14.4. The summed E-state index contributed by atoms with van der Waals surface area (Å²) in [6.07, 6.45) is -1.72. The van der Waals surface area contributed by atoms with E-state index >= 15 is 0 Å². The fourth-order valence-corrected chi connectivity index (χ4v) is 5.06. The van der Waals surface area contributed by atoms with Gasteiger partial charge in [0, 0.05) is 30.6 Å². The fraction of sp³-hybridized carbons (Fsp3) is 0.455. The molecule has 1 aromatic carbocycles. The van der Waals surface area contributed by atoms with E-state index in [1.54, 1.807) is 6.07 Å². The van der Waals surface area contributed by atoms with Crippen LogP contribution in [0.2, 0.25) is 0 Å². The second-order valence-electron chi connectivity index (χ2n) is 7.94. The number of hydrogen-bond acceptors (Lipinski definition) is 5. The molecule has 0 saturated carbocycles. The molecule has 3 heterocycles. The molecule has 1 fully saturated rings. The predicted molar refractivity (Wildman–Crippen MR) is 115 cm³/mol. The van der Waals surface area contributed by atoms with Crippen LogP contribution in [0.1, 0.15) is 30.2 Å². The average Bonchev–Trinajstić information content (AvgIpc) is 3.01. The minimum Gasteiger partial charge on any atom is -0.356 e. The van der Waals surface area contributed by atoms with E-state index < -0.39 is 12.6 Å². The zero-order valence-electron chi connectivity index (χ0n) is 16.8. The molecule has 8 heteroatoms. The summed E-state index contributed by atoms with van der Waals surface area (Å²) < 4.78 is 38.4. The van der Waals surface area contributed by atoms with E-state index in [1.807, 2.05) is 18.2 Å². The van der Waals surface area contributed by atoms with Crippen molar-refractivity contribution in [1.29, 1.82) is 0 Å². The molecule has 30 heavy (non-hydrogen) atoms. The van der Waals surface area contributed by atoms with Crippen molar-refractivity contribution in [3.8, 4) is 0 Å². The van der Waals surface area contributed by atoms with E-state index in [9.17, 15) is 13.2 Å². The quantitative estimate of drug-likeness (QED) is 0.600. The third-order valence-electron chi connectivity index (χ3n) is 5.70. The SMILES string of the molecule is C[C@@H]1CCN(c2ncnc3sc(CC(F)(F)F)cc23)CC[C@@H]1NCc1ccccc1. The van der Waals surface area contributed by atoms with Gasteiger partial charge in [-0.15, -0.1) is 11.3 Å². The number of rotatable bonds is 5. The van der Waals surface area contributed by atoms with Crippen LogP contribution >= 0.6 is 11.3 Å². The molecule has 1 saturated heterocycles. The summed E-state index contributed by atoms with van der Waals surface area (Å²) in [6, 6.07) is 12.3. The van der Waals surface area contributed by atoms with Crippen molar-refractivity contribution in [1.82, 2.24) is 15.3 Å². The molecule has 3 aromatic rings. The van der Waals surface area contributed by atoms with Crippen LogP contribution in [-0.2, 0) is 13.0 Å². The summed E-state index contributed by atoms with van der Waals surface area (Å²) >= 11 is 1.10. The average molecular weight is 435 g/mol. The van der Waals surface area contributed by atoms with Crippen molar-refractivity contribution in [2.24, 2.45) is 5.92 Å². The second-order valence-corrected chi connectivity index (χ2v) is 9.05. The Bertz CT molecular complexity index is 973. The molecular formula is C22H25F3N4S. The molecule has 0 spiro atoms. The monoisotopic (exact) mass is 434 g/mol. The molecule has 0 unspecified atom stereocenters. The number of nitrogens with zero attached hydrogens (tertiary/aromatic N) is 3. The lowest BCUT2D eigenvalue weighted by atomic mass is 9.97. The Balaban J connectivity index is 1.47. The summed E-state index contributed by atoms with van der Waals surface area (Å²) in [5.41, 5.74) is 1.26. The second kappa shape index (κ2) is 8.89. The van der Waals surface area contributed by atoms with Gasteiger partial charge in [-0.3, -0.25) is 0 Å². The third kappa shape index (κ3) is 5.10. The lowest BCUT2D eigenvalue weighted by Gasteiger charge is -2.23. The van der Waals surface area contributed by atoms with Crippen LogP contribution in [0.15, 0.2) is 42.7 Å². The maximum atomic E-state index is 12.8.